The summed E-state index contributed by atoms with van der Waals surface area (Å²) in [6.45, 7) is 2.47. The second-order valence-electron chi connectivity index (χ2n) is 9.81. The van der Waals surface area contributed by atoms with Crippen molar-refractivity contribution >= 4 is 22.6 Å². The highest BCUT2D eigenvalue weighted by Crippen LogP contribution is 2.41. The molecule has 0 saturated heterocycles. The van der Waals surface area contributed by atoms with E-state index in [0.717, 1.165) is 63.5 Å². The van der Waals surface area contributed by atoms with Crippen molar-refractivity contribution in [1.82, 2.24) is 9.58 Å². The monoisotopic (exact) mass is 471 g/mol. The van der Waals surface area contributed by atoms with Gasteiger partial charge in [-0.1, -0.05) is 43.5 Å². The number of benzene rings is 2. The largest absolute Gasteiger partial charge is 0.358 e. The van der Waals surface area contributed by atoms with Gasteiger partial charge in [-0.25, -0.2) is 0 Å². The van der Waals surface area contributed by atoms with Crippen LogP contribution < -0.4 is 5.43 Å². The molecule has 8 nitrogen and oxygen atoms in total. The minimum absolute atomic E-state index is 0.133. The van der Waals surface area contributed by atoms with Crippen LogP contribution in [0.1, 0.15) is 55.2 Å². The van der Waals surface area contributed by atoms with Gasteiger partial charge in [0.05, 0.1) is 17.0 Å². The number of aromatic nitrogens is 1. The molecule has 1 aliphatic carbocycles. The van der Waals surface area contributed by atoms with E-state index >= 15 is 0 Å². The van der Waals surface area contributed by atoms with E-state index in [-0.39, 0.29) is 11.7 Å². The van der Waals surface area contributed by atoms with E-state index in [4.69, 9.17) is 0 Å². The lowest BCUT2D eigenvalue weighted by Crippen LogP contribution is -2.44. The lowest BCUT2D eigenvalue weighted by molar-refractivity contribution is -0.391. The van der Waals surface area contributed by atoms with Crippen LogP contribution in [-0.2, 0) is 17.8 Å². The zero-order chi connectivity index (χ0) is 24.4. The molecule has 1 saturated carbocycles. The topological polar surface area (TPSA) is 104 Å². The van der Waals surface area contributed by atoms with Crippen molar-refractivity contribution in [3.63, 3.8) is 0 Å². The van der Waals surface area contributed by atoms with Crippen LogP contribution in [0.2, 0.25) is 0 Å². The smallest absolute Gasteiger partial charge is 0.347 e. The molecule has 1 aromatic heterocycles. The van der Waals surface area contributed by atoms with E-state index in [1.807, 2.05) is 30.3 Å². The molecule has 3 aromatic rings. The molecule has 1 amide bonds. The summed E-state index contributed by atoms with van der Waals surface area (Å²) >= 11 is 0. The summed E-state index contributed by atoms with van der Waals surface area (Å²) in [5.41, 5.74) is 6.15. The third-order valence-corrected chi connectivity index (χ3v) is 7.72. The van der Waals surface area contributed by atoms with Gasteiger partial charge in [0.2, 0.25) is 0 Å². The minimum Gasteiger partial charge on any atom is -0.358 e. The fourth-order valence-corrected chi connectivity index (χ4v) is 5.68. The SMILES string of the molecule is N#Cc1ccc2c(c1)CN(CCC1(C(=O)Nn3c([N+](=O)[O-])cc4ccccc43)CCCCC1)CC2. The van der Waals surface area contributed by atoms with Crippen molar-refractivity contribution in [2.24, 2.45) is 5.41 Å². The van der Waals surface area contributed by atoms with Gasteiger partial charge in [-0.15, -0.1) is 4.68 Å². The average molecular weight is 472 g/mol. The highest BCUT2D eigenvalue weighted by atomic mass is 16.6. The van der Waals surface area contributed by atoms with Gasteiger partial charge in [-0.05, 0) is 66.5 Å². The van der Waals surface area contributed by atoms with Crippen LogP contribution in [0.3, 0.4) is 0 Å². The Hall–Kier alpha value is -3.70. The molecule has 0 radical (unpaired) electrons. The Kier molecular flexibility index (Phi) is 6.27. The number of fused-ring (bicyclic) bond motifs is 2. The van der Waals surface area contributed by atoms with Crippen LogP contribution in [0.25, 0.3) is 10.9 Å². The molecule has 35 heavy (non-hydrogen) atoms. The van der Waals surface area contributed by atoms with Crippen molar-refractivity contribution in [2.75, 3.05) is 18.5 Å². The summed E-state index contributed by atoms with van der Waals surface area (Å²) < 4.78 is 1.34. The molecule has 8 heteroatoms. The number of nitro groups is 1. The third-order valence-electron chi connectivity index (χ3n) is 7.72. The Bertz CT molecular complexity index is 1320. The molecule has 180 valence electrons. The van der Waals surface area contributed by atoms with Crippen molar-refractivity contribution in [2.45, 2.75) is 51.5 Å². The molecule has 0 atom stereocenters. The summed E-state index contributed by atoms with van der Waals surface area (Å²) in [6, 6.07) is 16.9. The highest BCUT2D eigenvalue weighted by molar-refractivity contribution is 5.93. The molecule has 1 aliphatic heterocycles. The first-order valence-corrected chi connectivity index (χ1v) is 12.3. The number of nitrogens with one attached hydrogen (secondary N) is 1. The van der Waals surface area contributed by atoms with Gasteiger partial charge in [0.15, 0.2) is 5.52 Å². The second kappa shape index (κ2) is 9.51. The van der Waals surface area contributed by atoms with E-state index in [9.17, 15) is 20.2 Å². The number of carbonyl (C=O) groups excluding carboxylic acids is 1. The summed E-state index contributed by atoms with van der Waals surface area (Å²) in [5.74, 6) is -0.266. The van der Waals surface area contributed by atoms with Crippen molar-refractivity contribution in [3.8, 4) is 6.07 Å². The summed E-state index contributed by atoms with van der Waals surface area (Å²) in [7, 11) is 0. The fourth-order valence-electron chi connectivity index (χ4n) is 5.68. The number of nitriles is 1. The standard InChI is InChI=1S/C27H29N5O3/c28-18-20-8-9-21-10-14-30(19-23(21)16-20)15-13-27(11-4-1-5-12-27)26(33)29-31-24-7-3-2-6-22(24)17-25(31)32(34)35/h2-3,6-9,16-17H,1,4-5,10-15,19H2,(H,29,33). The molecule has 1 N–H and O–H groups in total. The first-order chi connectivity index (χ1) is 17.0. The third kappa shape index (κ3) is 4.52. The van der Waals surface area contributed by atoms with E-state index in [0.29, 0.717) is 17.5 Å². The van der Waals surface area contributed by atoms with Gasteiger partial charge in [-0.3, -0.25) is 9.69 Å². The Morgan fingerprint density at radius 1 is 1.11 bits per heavy atom. The van der Waals surface area contributed by atoms with Crippen LogP contribution >= 0.6 is 0 Å². The summed E-state index contributed by atoms with van der Waals surface area (Å²) in [6.07, 6.45) is 6.28. The molecule has 2 heterocycles. The Balaban J connectivity index is 1.35. The van der Waals surface area contributed by atoms with E-state index in [2.05, 4.69) is 22.5 Å². The predicted octanol–water partition coefficient (Wildman–Crippen LogP) is 4.89. The number of amides is 1. The first-order valence-electron chi connectivity index (χ1n) is 12.3. The number of carbonyl (C=O) groups is 1. The Morgan fingerprint density at radius 2 is 1.91 bits per heavy atom. The fraction of sp³-hybridized carbons (Fsp3) is 0.407. The van der Waals surface area contributed by atoms with Crippen LogP contribution in [0.4, 0.5) is 5.82 Å². The molecular weight excluding hydrogens is 442 g/mol. The molecule has 2 aliphatic rings. The number of para-hydroxylation sites is 1. The predicted molar refractivity (Wildman–Crippen MR) is 133 cm³/mol. The number of hydrogen-bond acceptors (Lipinski definition) is 5. The van der Waals surface area contributed by atoms with Gasteiger partial charge < -0.3 is 10.1 Å². The Morgan fingerprint density at radius 3 is 2.69 bits per heavy atom. The van der Waals surface area contributed by atoms with Gasteiger partial charge >= 0.3 is 5.82 Å². The van der Waals surface area contributed by atoms with E-state index in [1.54, 1.807) is 6.07 Å². The molecular formula is C27H29N5O3. The zero-order valence-corrected chi connectivity index (χ0v) is 19.7. The van der Waals surface area contributed by atoms with E-state index < -0.39 is 10.3 Å². The maximum Gasteiger partial charge on any atom is 0.347 e. The maximum atomic E-state index is 13.8. The molecule has 1 fully saturated rings. The molecule has 2 aromatic carbocycles. The van der Waals surface area contributed by atoms with Crippen LogP contribution in [0, 0.1) is 26.9 Å². The Labute approximate surface area is 204 Å². The van der Waals surface area contributed by atoms with E-state index in [1.165, 1.54) is 21.9 Å². The summed E-state index contributed by atoms with van der Waals surface area (Å²) in [4.78, 5) is 27.4. The van der Waals surface area contributed by atoms with Crippen molar-refractivity contribution < 1.29 is 9.72 Å². The van der Waals surface area contributed by atoms with Crippen LogP contribution in [0.15, 0.2) is 48.5 Å². The number of hydrogen-bond donors (Lipinski definition) is 1. The molecule has 0 bridgehead atoms. The van der Waals surface area contributed by atoms with Gasteiger partial charge in [0, 0.05) is 24.5 Å². The second-order valence-corrected chi connectivity index (χ2v) is 9.81. The quantitative estimate of drug-likeness (QED) is 0.407. The lowest BCUT2D eigenvalue weighted by Gasteiger charge is -2.38. The average Bonchev–Trinajstić information content (AvgIpc) is 3.26. The first kappa shape index (κ1) is 23.1. The van der Waals surface area contributed by atoms with Gasteiger partial charge in [0.25, 0.3) is 5.91 Å². The zero-order valence-electron chi connectivity index (χ0n) is 19.7. The van der Waals surface area contributed by atoms with Crippen LogP contribution in [0.5, 0.6) is 0 Å². The van der Waals surface area contributed by atoms with Crippen molar-refractivity contribution in [3.05, 3.63) is 75.3 Å². The van der Waals surface area contributed by atoms with Gasteiger partial charge in [0.1, 0.15) is 0 Å². The summed E-state index contributed by atoms with van der Waals surface area (Å²) in [5, 5.41) is 21.7. The normalized spacial score (nSPS) is 17.5. The van der Waals surface area contributed by atoms with Crippen molar-refractivity contribution in [1.29, 1.82) is 5.26 Å². The van der Waals surface area contributed by atoms with Crippen LogP contribution in [-0.4, -0.2) is 33.5 Å². The lowest BCUT2D eigenvalue weighted by atomic mass is 9.71. The highest BCUT2D eigenvalue weighted by Gasteiger charge is 2.41. The molecule has 0 unspecified atom stereocenters. The van der Waals surface area contributed by atoms with Gasteiger partial charge in [-0.2, -0.15) is 10.7 Å². The molecule has 0 spiro atoms. The number of nitrogens with zero attached hydrogens (tertiary/aromatic N) is 4. The maximum absolute atomic E-state index is 13.8. The minimum atomic E-state index is -0.549. The number of rotatable bonds is 6. The molecule has 5 rings (SSSR count).